The minimum Gasteiger partial charge on any atom is -0.338 e. The third kappa shape index (κ3) is 3.58. The van der Waals surface area contributed by atoms with E-state index in [1.165, 1.54) is 6.33 Å². The lowest BCUT2D eigenvalue weighted by Crippen LogP contribution is -1.98. The fourth-order valence-electron chi connectivity index (χ4n) is 2.68. The Hall–Kier alpha value is -2.35. The summed E-state index contributed by atoms with van der Waals surface area (Å²) < 4.78 is 0. The minimum absolute atomic E-state index is 0.541. The molecule has 136 valence electrons. The van der Waals surface area contributed by atoms with Gasteiger partial charge in [-0.2, -0.15) is 0 Å². The van der Waals surface area contributed by atoms with Crippen molar-refractivity contribution in [3.05, 3.63) is 52.5 Å². The molecule has 0 bridgehead atoms. The number of fused-ring (bicyclic) bond motifs is 1. The summed E-state index contributed by atoms with van der Waals surface area (Å²) in [5, 5.41) is 4.27. The summed E-state index contributed by atoms with van der Waals surface area (Å²) in [6, 6.07) is 7.44. The number of H-pyrrole nitrogens is 1. The van der Waals surface area contributed by atoms with Crippen molar-refractivity contribution in [1.29, 1.82) is 0 Å². The number of rotatable bonds is 4. The Kier molecular flexibility index (Phi) is 4.90. The van der Waals surface area contributed by atoms with Crippen molar-refractivity contribution in [2.75, 3.05) is 11.6 Å². The van der Waals surface area contributed by atoms with Crippen LogP contribution in [-0.4, -0.2) is 31.2 Å². The molecule has 0 saturated carbocycles. The highest BCUT2D eigenvalue weighted by Gasteiger charge is 2.16. The topological polar surface area (TPSA) is 79.4 Å². The van der Waals surface area contributed by atoms with Gasteiger partial charge in [0.1, 0.15) is 23.5 Å². The predicted molar refractivity (Wildman–Crippen MR) is 111 cm³/mol. The second kappa shape index (κ2) is 7.34. The summed E-state index contributed by atoms with van der Waals surface area (Å²) in [5.74, 6) is 1.82. The SMILES string of the molecule is CSc1cc(Cl)c(-c2nc3c(Nc4cc(C)ncn4)nccc3[nH]2)c(Cl)c1. The van der Waals surface area contributed by atoms with Gasteiger partial charge in [0.25, 0.3) is 0 Å². The molecule has 27 heavy (non-hydrogen) atoms. The summed E-state index contributed by atoms with van der Waals surface area (Å²) in [6.45, 7) is 1.90. The Labute approximate surface area is 169 Å². The molecular weight excluding hydrogens is 403 g/mol. The van der Waals surface area contributed by atoms with Crippen molar-refractivity contribution < 1.29 is 0 Å². The number of aromatic amines is 1. The van der Waals surface area contributed by atoms with E-state index in [0.717, 1.165) is 16.1 Å². The number of anilines is 2. The molecule has 2 N–H and O–H groups in total. The van der Waals surface area contributed by atoms with Crippen LogP contribution < -0.4 is 5.32 Å². The number of pyridine rings is 1. The third-order valence-corrected chi connectivity index (χ3v) is 5.24. The van der Waals surface area contributed by atoms with Crippen molar-refractivity contribution in [1.82, 2.24) is 24.9 Å². The highest BCUT2D eigenvalue weighted by Crippen LogP contribution is 2.38. The normalized spacial score (nSPS) is 11.1. The van der Waals surface area contributed by atoms with Crippen LogP contribution in [0.15, 0.2) is 41.7 Å². The zero-order chi connectivity index (χ0) is 19.0. The molecule has 0 unspecified atom stereocenters. The van der Waals surface area contributed by atoms with Gasteiger partial charge in [0, 0.05) is 22.9 Å². The van der Waals surface area contributed by atoms with Crippen LogP contribution in [0.4, 0.5) is 11.6 Å². The number of nitrogens with one attached hydrogen (secondary N) is 2. The first kappa shape index (κ1) is 18.0. The maximum absolute atomic E-state index is 6.46. The van der Waals surface area contributed by atoms with Gasteiger partial charge < -0.3 is 10.3 Å². The van der Waals surface area contributed by atoms with Crippen molar-refractivity contribution in [2.24, 2.45) is 0 Å². The van der Waals surface area contributed by atoms with Gasteiger partial charge in [-0.25, -0.2) is 19.9 Å². The first-order chi connectivity index (χ1) is 13.0. The van der Waals surface area contributed by atoms with E-state index in [1.807, 2.05) is 37.4 Å². The highest BCUT2D eigenvalue weighted by atomic mass is 35.5. The van der Waals surface area contributed by atoms with Crippen LogP contribution in [0, 0.1) is 6.92 Å². The van der Waals surface area contributed by atoms with E-state index >= 15 is 0 Å². The van der Waals surface area contributed by atoms with Gasteiger partial charge in [0.15, 0.2) is 5.82 Å². The lowest BCUT2D eigenvalue weighted by atomic mass is 10.2. The number of nitrogens with zero attached hydrogens (tertiary/aromatic N) is 4. The first-order valence-electron chi connectivity index (χ1n) is 7.99. The van der Waals surface area contributed by atoms with Crippen molar-refractivity contribution >= 4 is 57.6 Å². The summed E-state index contributed by atoms with van der Waals surface area (Å²) in [7, 11) is 0. The average Bonchev–Trinajstić information content (AvgIpc) is 3.05. The number of hydrogen-bond donors (Lipinski definition) is 2. The molecule has 4 aromatic rings. The molecule has 0 aliphatic carbocycles. The van der Waals surface area contributed by atoms with Crippen molar-refractivity contribution in [3.63, 3.8) is 0 Å². The Morgan fingerprint density at radius 1 is 1.07 bits per heavy atom. The number of aromatic nitrogens is 5. The third-order valence-electron chi connectivity index (χ3n) is 3.94. The van der Waals surface area contributed by atoms with Crippen LogP contribution in [-0.2, 0) is 0 Å². The molecular formula is C18H14Cl2N6S. The van der Waals surface area contributed by atoms with E-state index < -0.39 is 0 Å². The van der Waals surface area contributed by atoms with Gasteiger partial charge in [-0.1, -0.05) is 23.2 Å². The Morgan fingerprint density at radius 2 is 1.85 bits per heavy atom. The summed E-state index contributed by atoms with van der Waals surface area (Å²) in [4.78, 5) is 21.6. The number of thioether (sulfide) groups is 1. The van der Waals surface area contributed by atoms with Gasteiger partial charge >= 0.3 is 0 Å². The summed E-state index contributed by atoms with van der Waals surface area (Å²) in [5.41, 5.74) is 3.00. The fraction of sp³-hybridized carbons (Fsp3) is 0.111. The Bertz CT molecular complexity index is 1120. The molecule has 0 aliphatic heterocycles. The molecule has 3 heterocycles. The number of imidazole rings is 1. The van der Waals surface area contributed by atoms with Gasteiger partial charge in [-0.3, -0.25) is 0 Å². The molecule has 3 aromatic heterocycles. The Balaban J connectivity index is 1.80. The van der Waals surface area contributed by atoms with E-state index in [4.69, 9.17) is 23.2 Å². The molecule has 6 nitrogen and oxygen atoms in total. The summed E-state index contributed by atoms with van der Waals surface area (Å²) in [6.07, 6.45) is 5.17. The van der Waals surface area contributed by atoms with Gasteiger partial charge in [0.05, 0.1) is 21.1 Å². The minimum atomic E-state index is 0.541. The van der Waals surface area contributed by atoms with E-state index in [2.05, 4.69) is 30.2 Å². The molecule has 0 saturated heterocycles. The molecule has 9 heteroatoms. The largest absolute Gasteiger partial charge is 0.338 e. The highest BCUT2D eigenvalue weighted by molar-refractivity contribution is 7.98. The van der Waals surface area contributed by atoms with E-state index in [9.17, 15) is 0 Å². The average molecular weight is 417 g/mol. The van der Waals surface area contributed by atoms with Crippen LogP contribution in [0.5, 0.6) is 0 Å². The van der Waals surface area contributed by atoms with Crippen LogP contribution in [0.25, 0.3) is 22.4 Å². The molecule has 0 amide bonds. The monoisotopic (exact) mass is 416 g/mol. The van der Waals surface area contributed by atoms with Gasteiger partial charge in [0.2, 0.25) is 0 Å². The van der Waals surface area contributed by atoms with E-state index in [1.54, 1.807) is 18.0 Å². The number of hydrogen-bond acceptors (Lipinski definition) is 6. The van der Waals surface area contributed by atoms with Crippen LogP contribution in [0.2, 0.25) is 10.0 Å². The lowest BCUT2D eigenvalue weighted by molar-refractivity contribution is 1.10. The van der Waals surface area contributed by atoms with Gasteiger partial charge in [-0.05, 0) is 31.4 Å². The molecule has 0 fully saturated rings. The zero-order valence-electron chi connectivity index (χ0n) is 14.4. The smallest absolute Gasteiger partial charge is 0.159 e. The fourth-order valence-corrected chi connectivity index (χ4v) is 3.95. The quantitative estimate of drug-likeness (QED) is 0.427. The van der Waals surface area contributed by atoms with Crippen molar-refractivity contribution in [2.45, 2.75) is 11.8 Å². The standard InChI is InChI=1S/C18H14Cl2N6S/c1-9-5-14(23-8-22-9)25-18-16-13(3-4-21-18)24-17(26-16)15-11(19)6-10(27-2)7-12(15)20/h3-8H,1-2H3,(H,24,26)(H,21,22,23,25). The number of halogens is 2. The molecule has 0 radical (unpaired) electrons. The maximum atomic E-state index is 6.46. The number of aryl methyl sites for hydroxylation is 1. The van der Waals surface area contributed by atoms with Gasteiger partial charge in [-0.15, -0.1) is 11.8 Å². The first-order valence-corrected chi connectivity index (χ1v) is 9.97. The van der Waals surface area contributed by atoms with Crippen molar-refractivity contribution in [3.8, 4) is 11.4 Å². The molecule has 4 rings (SSSR count). The second-order valence-electron chi connectivity index (χ2n) is 5.78. The summed E-state index contributed by atoms with van der Waals surface area (Å²) >= 11 is 14.5. The molecule has 0 aliphatic rings. The van der Waals surface area contributed by atoms with Crippen LogP contribution in [0.1, 0.15) is 5.69 Å². The maximum Gasteiger partial charge on any atom is 0.159 e. The Morgan fingerprint density at radius 3 is 2.56 bits per heavy atom. The lowest BCUT2D eigenvalue weighted by Gasteiger charge is -2.06. The number of benzene rings is 1. The second-order valence-corrected chi connectivity index (χ2v) is 7.47. The molecule has 0 spiro atoms. The van der Waals surface area contributed by atoms with E-state index in [-0.39, 0.29) is 0 Å². The molecule has 0 atom stereocenters. The zero-order valence-corrected chi connectivity index (χ0v) is 16.7. The van der Waals surface area contributed by atoms with Crippen LogP contribution in [0.3, 0.4) is 0 Å². The molecule has 1 aromatic carbocycles. The predicted octanol–water partition coefficient (Wildman–Crippen LogP) is 5.50. The van der Waals surface area contributed by atoms with E-state index in [0.29, 0.717) is 38.6 Å². The van der Waals surface area contributed by atoms with Crippen LogP contribution >= 0.6 is 35.0 Å².